The molecule has 0 atom stereocenters. The van der Waals surface area contributed by atoms with E-state index in [1.165, 1.54) is 38.9 Å². The van der Waals surface area contributed by atoms with Gasteiger partial charge in [0.2, 0.25) is 0 Å². The van der Waals surface area contributed by atoms with Gasteiger partial charge in [-0.2, -0.15) is 0 Å². The van der Waals surface area contributed by atoms with E-state index in [9.17, 15) is 0 Å². The number of rotatable bonds is 8. The van der Waals surface area contributed by atoms with Gasteiger partial charge in [0.25, 0.3) is 0 Å². The lowest BCUT2D eigenvalue weighted by Gasteiger charge is -2.34. The molecule has 1 aliphatic rings. The van der Waals surface area contributed by atoms with E-state index < -0.39 is 5.41 Å². The van der Waals surface area contributed by atoms with Gasteiger partial charge in [-0.25, -0.2) is 15.0 Å². The summed E-state index contributed by atoms with van der Waals surface area (Å²) in [5.74, 6) is 1.76. The minimum atomic E-state index is -0.589. The number of fused-ring (bicyclic) bond motifs is 6. The van der Waals surface area contributed by atoms with E-state index in [0.29, 0.717) is 17.5 Å². The molecule has 0 amide bonds. The summed E-state index contributed by atoms with van der Waals surface area (Å²) in [6.45, 7) is 5.86. The summed E-state index contributed by atoms with van der Waals surface area (Å²) in [6, 6.07) is 60.3. The van der Waals surface area contributed by atoms with E-state index in [1.54, 1.807) is 6.08 Å². The van der Waals surface area contributed by atoms with Crippen molar-refractivity contribution in [2.75, 3.05) is 0 Å². The van der Waals surface area contributed by atoms with Gasteiger partial charge in [-0.3, -0.25) is 0 Å². The topological polar surface area (TPSA) is 51.8 Å². The van der Waals surface area contributed by atoms with Crippen LogP contribution in [0.2, 0.25) is 0 Å². The largest absolute Gasteiger partial charge is 0.456 e. The summed E-state index contributed by atoms with van der Waals surface area (Å²) in [6.07, 6.45) is 7.64. The van der Waals surface area contributed by atoms with E-state index in [2.05, 4.69) is 134 Å². The second-order valence-electron chi connectivity index (χ2n) is 14.3. The Bertz CT molecular complexity index is 2980. The van der Waals surface area contributed by atoms with Gasteiger partial charge in [0.1, 0.15) is 11.2 Å². The molecular weight excluding hydrogens is 695 g/mol. The number of allylic oxidation sites excluding steroid dienone is 5. The van der Waals surface area contributed by atoms with Crippen LogP contribution in [0.25, 0.3) is 72.5 Å². The van der Waals surface area contributed by atoms with Crippen molar-refractivity contribution in [3.05, 3.63) is 229 Å². The molecule has 4 heteroatoms. The summed E-state index contributed by atoms with van der Waals surface area (Å²) in [4.78, 5) is 15.2. The number of nitrogens with zero attached hydrogens (tertiary/aromatic N) is 3. The Morgan fingerprint density at radius 2 is 1.14 bits per heavy atom. The molecule has 0 saturated heterocycles. The molecule has 270 valence electrons. The Balaban J connectivity index is 1.23. The lowest BCUT2D eigenvalue weighted by molar-refractivity contribution is 0.668. The first-order chi connectivity index (χ1) is 28.2. The van der Waals surface area contributed by atoms with Crippen molar-refractivity contribution < 1.29 is 4.42 Å². The summed E-state index contributed by atoms with van der Waals surface area (Å²) < 4.78 is 6.64. The molecule has 4 nitrogen and oxygen atoms in total. The highest BCUT2D eigenvalue weighted by Crippen LogP contribution is 2.56. The summed E-state index contributed by atoms with van der Waals surface area (Å²) in [7, 11) is 0. The number of benzene rings is 7. The van der Waals surface area contributed by atoms with Crippen molar-refractivity contribution in [1.82, 2.24) is 15.0 Å². The highest BCUT2D eigenvalue weighted by Gasteiger charge is 2.46. The van der Waals surface area contributed by atoms with Crippen LogP contribution in [0.15, 0.2) is 205 Å². The van der Waals surface area contributed by atoms with E-state index in [-0.39, 0.29) is 0 Å². The predicted octanol–water partition coefficient (Wildman–Crippen LogP) is 13.3. The smallest absolute Gasteiger partial charge is 0.164 e. The highest BCUT2D eigenvalue weighted by molar-refractivity contribution is 6.12. The van der Waals surface area contributed by atoms with Crippen LogP contribution < -0.4 is 0 Å². The maximum absolute atomic E-state index is 6.64. The van der Waals surface area contributed by atoms with Gasteiger partial charge in [-0.15, -0.1) is 0 Å². The fraction of sp³-hybridized carbons (Fsp3) is 0.0377. The minimum absolute atomic E-state index is 0.576. The maximum Gasteiger partial charge on any atom is 0.164 e. The van der Waals surface area contributed by atoms with Gasteiger partial charge in [0, 0.05) is 27.5 Å². The molecule has 1 aliphatic carbocycles. The summed E-state index contributed by atoms with van der Waals surface area (Å²) >= 11 is 0. The SMILES string of the molecule is C=C/C=C\C(=C/C)c1nc(-c2ccccc2)nc(-c2cccc3oc4ccc(C5(c6ccc(-c7ccccc7)cc6)c6ccccc6-c6ccccc65)cc4c23)n1. The lowest BCUT2D eigenvalue weighted by atomic mass is 9.67. The van der Waals surface area contributed by atoms with Crippen molar-refractivity contribution >= 4 is 27.5 Å². The first-order valence-corrected chi connectivity index (χ1v) is 19.3. The van der Waals surface area contributed by atoms with Crippen molar-refractivity contribution in [3.8, 4) is 45.0 Å². The fourth-order valence-corrected chi connectivity index (χ4v) is 8.63. The molecule has 0 saturated carbocycles. The van der Waals surface area contributed by atoms with Gasteiger partial charge >= 0.3 is 0 Å². The van der Waals surface area contributed by atoms with E-state index >= 15 is 0 Å². The third kappa shape index (κ3) is 5.57. The Kier molecular flexibility index (Phi) is 8.38. The van der Waals surface area contributed by atoms with Crippen LogP contribution >= 0.6 is 0 Å². The maximum atomic E-state index is 6.64. The molecule has 0 bridgehead atoms. The molecule has 0 N–H and O–H groups in total. The quantitative estimate of drug-likeness (QED) is 0.146. The van der Waals surface area contributed by atoms with Crippen molar-refractivity contribution in [2.24, 2.45) is 0 Å². The zero-order valence-corrected chi connectivity index (χ0v) is 31.4. The molecule has 0 fully saturated rings. The van der Waals surface area contributed by atoms with E-state index in [1.807, 2.05) is 67.6 Å². The van der Waals surface area contributed by atoms with E-state index in [4.69, 9.17) is 19.4 Å². The first-order valence-electron chi connectivity index (χ1n) is 19.3. The third-order valence-corrected chi connectivity index (χ3v) is 11.2. The standard InChI is InChI=1S/C53H37N3O/c1-3-5-17-35(4-2)50-54-51(38-20-10-7-11-21-38)56-52(55-50)43-24-16-27-48-49(43)44-34-40(32-33-47(44)57-48)53(39-30-28-37(29-31-39)36-18-8-6-9-19-36)45-25-14-12-22-41(45)42-23-13-15-26-46(42)53/h3-34H,1H2,2H3/b17-5-,35-4+. The number of hydrogen-bond acceptors (Lipinski definition) is 4. The average Bonchev–Trinajstić information content (AvgIpc) is 3.81. The van der Waals surface area contributed by atoms with Crippen LogP contribution in [0.1, 0.15) is 35.0 Å². The van der Waals surface area contributed by atoms with Crippen LogP contribution in [0.4, 0.5) is 0 Å². The van der Waals surface area contributed by atoms with Crippen LogP contribution in [-0.4, -0.2) is 15.0 Å². The zero-order chi connectivity index (χ0) is 38.3. The Labute approximate surface area is 331 Å². The summed E-state index contributed by atoms with van der Waals surface area (Å²) in [5, 5.41) is 1.96. The molecule has 0 radical (unpaired) electrons. The van der Waals surface area contributed by atoms with Crippen LogP contribution in [-0.2, 0) is 5.41 Å². The molecular formula is C53H37N3O. The van der Waals surface area contributed by atoms with Crippen LogP contribution in [0, 0.1) is 0 Å². The Morgan fingerprint density at radius 1 is 0.544 bits per heavy atom. The molecule has 9 aromatic rings. The average molecular weight is 732 g/mol. The molecule has 2 aromatic heterocycles. The molecule has 10 rings (SSSR count). The summed E-state index contributed by atoms with van der Waals surface area (Å²) in [5.41, 5.74) is 13.4. The van der Waals surface area contributed by atoms with Gasteiger partial charge in [-0.1, -0.05) is 183 Å². The fourth-order valence-electron chi connectivity index (χ4n) is 8.63. The molecule has 0 unspecified atom stereocenters. The van der Waals surface area contributed by atoms with Crippen molar-refractivity contribution in [1.29, 1.82) is 0 Å². The first kappa shape index (κ1) is 34.1. The molecule has 2 heterocycles. The third-order valence-electron chi connectivity index (χ3n) is 11.2. The monoisotopic (exact) mass is 731 g/mol. The van der Waals surface area contributed by atoms with Gasteiger partial charge in [-0.05, 0) is 69.6 Å². The highest BCUT2D eigenvalue weighted by atomic mass is 16.3. The van der Waals surface area contributed by atoms with Crippen LogP contribution in [0.3, 0.4) is 0 Å². The second kappa shape index (κ2) is 14.0. The van der Waals surface area contributed by atoms with Gasteiger partial charge < -0.3 is 4.42 Å². The number of furan rings is 1. The molecule has 57 heavy (non-hydrogen) atoms. The molecule has 0 aliphatic heterocycles. The second-order valence-corrected chi connectivity index (χ2v) is 14.3. The number of hydrogen-bond donors (Lipinski definition) is 0. The van der Waals surface area contributed by atoms with E-state index in [0.717, 1.165) is 44.2 Å². The van der Waals surface area contributed by atoms with Gasteiger partial charge in [0.05, 0.1) is 5.41 Å². The molecule has 0 spiro atoms. The molecule has 7 aromatic carbocycles. The normalized spacial score (nSPS) is 13.2. The van der Waals surface area contributed by atoms with Crippen molar-refractivity contribution in [2.45, 2.75) is 12.3 Å². The minimum Gasteiger partial charge on any atom is -0.456 e. The lowest BCUT2D eigenvalue weighted by Crippen LogP contribution is -2.28. The van der Waals surface area contributed by atoms with Gasteiger partial charge in [0.15, 0.2) is 17.5 Å². The van der Waals surface area contributed by atoms with Crippen molar-refractivity contribution in [3.63, 3.8) is 0 Å². The predicted molar refractivity (Wildman–Crippen MR) is 234 cm³/mol. The Morgan fingerprint density at radius 3 is 1.82 bits per heavy atom. The zero-order valence-electron chi connectivity index (χ0n) is 31.4. The Hall–Kier alpha value is -7.43. The number of aromatic nitrogens is 3. The van der Waals surface area contributed by atoms with Crippen LogP contribution in [0.5, 0.6) is 0 Å².